The van der Waals surface area contributed by atoms with Gasteiger partial charge in [-0.15, -0.1) is 0 Å². The lowest BCUT2D eigenvalue weighted by molar-refractivity contribution is -0.120. The van der Waals surface area contributed by atoms with Gasteiger partial charge in [0, 0.05) is 12.1 Å². The summed E-state index contributed by atoms with van der Waals surface area (Å²) in [5.41, 5.74) is 2.16. The third kappa shape index (κ3) is 4.91. The Labute approximate surface area is 142 Å². The molecule has 3 N–H and O–H groups in total. The van der Waals surface area contributed by atoms with Crippen molar-refractivity contribution in [1.82, 2.24) is 5.32 Å². The van der Waals surface area contributed by atoms with E-state index in [9.17, 15) is 13.2 Å². The van der Waals surface area contributed by atoms with Crippen molar-refractivity contribution >= 4 is 15.9 Å². The molecule has 5 nitrogen and oxygen atoms in total. The normalized spacial score (nSPS) is 11.5. The minimum Gasteiger partial charge on any atom is -0.356 e. The maximum atomic E-state index is 11.9. The molecule has 0 spiro atoms. The van der Waals surface area contributed by atoms with Gasteiger partial charge in [-0.05, 0) is 23.1 Å². The van der Waals surface area contributed by atoms with E-state index in [0.717, 1.165) is 11.1 Å². The Morgan fingerprint density at radius 1 is 1.08 bits per heavy atom. The molecule has 0 saturated carbocycles. The molecule has 0 radical (unpaired) electrons. The zero-order valence-corrected chi connectivity index (χ0v) is 14.6. The molecule has 2 rings (SSSR count). The first-order chi connectivity index (χ1) is 11.3. The van der Waals surface area contributed by atoms with Crippen LogP contribution in [0, 0.1) is 5.92 Å². The molecule has 2 aromatic rings. The van der Waals surface area contributed by atoms with Crippen LogP contribution in [0.2, 0.25) is 0 Å². The molecule has 0 aliphatic rings. The van der Waals surface area contributed by atoms with E-state index < -0.39 is 10.0 Å². The molecule has 128 valence electrons. The van der Waals surface area contributed by atoms with Crippen molar-refractivity contribution < 1.29 is 13.2 Å². The standard InChI is InChI=1S/C18H22N2O3S/c1-13(2)12-20-18(21)11-14-7-9-15(10-8-14)16-5-3-4-6-17(16)24(19,22)23/h3-10,13H,11-12H2,1-2H3,(H,20,21)(H2,19,22,23). The maximum absolute atomic E-state index is 11.9. The number of carbonyl (C=O) groups is 1. The maximum Gasteiger partial charge on any atom is 0.238 e. The van der Waals surface area contributed by atoms with Crippen LogP contribution in [-0.4, -0.2) is 20.9 Å². The number of amides is 1. The van der Waals surface area contributed by atoms with Gasteiger partial charge in [-0.1, -0.05) is 56.3 Å². The second-order valence-electron chi connectivity index (χ2n) is 6.11. The van der Waals surface area contributed by atoms with Gasteiger partial charge in [-0.3, -0.25) is 4.79 Å². The van der Waals surface area contributed by atoms with E-state index in [0.29, 0.717) is 24.4 Å². The topological polar surface area (TPSA) is 89.3 Å². The van der Waals surface area contributed by atoms with Crippen LogP contribution in [0.3, 0.4) is 0 Å². The van der Waals surface area contributed by atoms with Crippen molar-refractivity contribution in [1.29, 1.82) is 0 Å². The lowest BCUT2D eigenvalue weighted by Gasteiger charge is -2.10. The van der Waals surface area contributed by atoms with E-state index in [4.69, 9.17) is 5.14 Å². The third-order valence-electron chi connectivity index (χ3n) is 3.53. The summed E-state index contributed by atoms with van der Waals surface area (Å²) in [5.74, 6) is 0.382. The fraction of sp³-hybridized carbons (Fsp3) is 0.278. The van der Waals surface area contributed by atoms with Crippen molar-refractivity contribution in [2.45, 2.75) is 25.2 Å². The Morgan fingerprint density at radius 3 is 2.29 bits per heavy atom. The predicted octanol–water partition coefficient (Wildman–Crippen LogP) is 2.32. The molecule has 0 heterocycles. The highest BCUT2D eigenvalue weighted by Crippen LogP contribution is 2.26. The van der Waals surface area contributed by atoms with Crippen LogP contribution in [0.5, 0.6) is 0 Å². The third-order valence-corrected chi connectivity index (χ3v) is 4.50. The lowest BCUT2D eigenvalue weighted by Crippen LogP contribution is -2.28. The van der Waals surface area contributed by atoms with E-state index in [-0.39, 0.29) is 10.8 Å². The predicted molar refractivity (Wildman–Crippen MR) is 94.8 cm³/mol. The fourth-order valence-corrected chi connectivity index (χ4v) is 3.08. The Bertz CT molecular complexity index is 812. The van der Waals surface area contributed by atoms with E-state index in [1.54, 1.807) is 30.3 Å². The first-order valence-corrected chi connectivity index (χ1v) is 9.30. The molecule has 0 aliphatic heterocycles. The van der Waals surface area contributed by atoms with Crippen molar-refractivity contribution in [3.63, 3.8) is 0 Å². The molecule has 0 bridgehead atoms. The molecule has 0 aliphatic carbocycles. The number of carbonyl (C=O) groups excluding carboxylic acids is 1. The summed E-state index contributed by atoms with van der Waals surface area (Å²) in [4.78, 5) is 11.9. The van der Waals surface area contributed by atoms with E-state index in [2.05, 4.69) is 5.32 Å². The zero-order chi connectivity index (χ0) is 17.7. The highest BCUT2D eigenvalue weighted by Gasteiger charge is 2.14. The smallest absolute Gasteiger partial charge is 0.238 e. The minimum atomic E-state index is -3.79. The van der Waals surface area contributed by atoms with E-state index >= 15 is 0 Å². The number of hydrogen-bond acceptors (Lipinski definition) is 3. The largest absolute Gasteiger partial charge is 0.356 e. The van der Waals surface area contributed by atoms with Crippen LogP contribution >= 0.6 is 0 Å². The van der Waals surface area contributed by atoms with Gasteiger partial charge in [-0.2, -0.15) is 0 Å². The van der Waals surface area contributed by atoms with Gasteiger partial charge in [0.15, 0.2) is 0 Å². The number of nitrogens with one attached hydrogen (secondary N) is 1. The monoisotopic (exact) mass is 346 g/mol. The van der Waals surface area contributed by atoms with Gasteiger partial charge in [0.25, 0.3) is 0 Å². The van der Waals surface area contributed by atoms with Crippen molar-refractivity contribution in [3.8, 4) is 11.1 Å². The second kappa shape index (κ2) is 7.59. The lowest BCUT2D eigenvalue weighted by atomic mass is 10.0. The number of hydrogen-bond donors (Lipinski definition) is 2. The zero-order valence-electron chi connectivity index (χ0n) is 13.8. The fourth-order valence-electron chi connectivity index (χ4n) is 2.32. The van der Waals surface area contributed by atoms with Crippen LogP contribution in [0.1, 0.15) is 19.4 Å². The summed E-state index contributed by atoms with van der Waals surface area (Å²) in [6, 6.07) is 13.8. The highest BCUT2D eigenvalue weighted by atomic mass is 32.2. The van der Waals surface area contributed by atoms with Gasteiger partial charge in [-0.25, -0.2) is 13.6 Å². The van der Waals surface area contributed by atoms with Crippen LogP contribution in [0.15, 0.2) is 53.4 Å². The molecule has 6 heteroatoms. The number of nitrogens with two attached hydrogens (primary N) is 1. The van der Waals surface area contributed by atoms with E-state index in [1.807, 2.05) is 26.0 Å². The Kier molecular flexibility index (Phi) is 5.75. The van der Waals surface area contributed by atoms with Gasteiger partial charge >= 0.3 is 0 Å². The van der Waals surface area contributed by atoms with Crippen molar-refractivity contribution in [3.05, 3.63) is 54.1 Å². The van der Waals surface area contributed by atoms with Crippen LogP contribution in [0.4, 0.5) is 0 Å². The molecule has 1 amide bonds. The highest BCUT2D eigenvalue weighted by molar-refractivity contribution is 7.89. The quantitative estimate of drug-likeness (QED) is 0.841. The molecular weight excluding hydrogens is 324 g/mol. The summed E-state index contributed by atoms with van der Waals surface area (Å²) in [5, 5.41) is 8.14. The van der Waals surface area contributed by atoms with Crippen molar-refractivity contribution in [2.24, 2.45) is 11.1 Å². The van der Waals surface area contributed by atoms with Crippen LogP contribution < -0.4 is 10.5 Å². The number of benzene rings is 2. The number of sulfonamides is 1. The summed E-state index contributed by atoms with van der Waals surface area (Å²) in [7, 11) is -3.79. The molecule has 2 aromatic carbocycles. The number of rotatable bonds is 6. The second-order valence-corrected chi connectivity index (χ2v) is 7.64. The first-order valence-electron chi connectivity index (χ1n) is 7.75. The summed E-state index contributed by atoms with van der Waals surface area (Å²) >= 11 is 0. The van der Waals surface area contributed by atoms with Crippen molar-refractivity contribution in [2.75, 3.05) is 6.54 Å². The van der Waals surface area contributed by atoms with Gasteiger partial charge < -0.3 is 5.32 Å². The molecule has 0 atom stereocenters. The summed E-state index contributed by atoms with van der Waals surface area (Å²) in [6.45, 7) is 4.73. The van der Waals surface area contributed by atoms with Gasteiger partial charge in [0.05, 0.1) is 11.3 Å². The minimum absolute atomic E-state index is 0.0265. The SMILES string of the molecule is CC(C)CNC(=O)Cc1ccc(-c2ccccc2S(N)(=O)=O)cc1. The number of primary sulfonamides is 1. The average molecular weight is 346 g/mol. The average Bonchev–Trinajstić information content (AvgIpc) is 2.53. The molecule has 0 saturated heterocycles. The van der Waals surface area contributed by atoms with Gasteiger partial charge in [0.1, 0.15) is 0 Å². The molecular formula is C18H22N2O3S. The molecule has 0 unspecified atom stereocenters. The summed E-state index contributed by atoms with van der Waals surface area (Å²) < 4.78 is 23.4. The van der Waals surface area contributed by atoms with Crippen LogP contribution in [-0.2, 0) is 21.2 Å². The van der Waals surface area contributed by atoms with E-state index in [1.165, 1.54) is 6.07 Å². The molecule has 0 fully saturated rings. The Morgan fingerprint density at radius 2 is 1.71 bits per heavy atom. The molecule has 0 aromatic heterocycles. The first kappa shape index (κ1) is 18.2. The van der Waals surface area contributed by atoms with Crippen LogP contribution in [0.25, 0.3) is 11.1 Å². The summed E-state index contributed by atoms with van der Waals surface area (Å²) in [6.07, 6.45) is 0.295. The Balaban J connectivity index is 2.18. The Hall–Kier alpha value is -2.18. The van der Waals surface area contributed by atoms with Gasteiger partial charge in [0.2, 0.25) is 15.9 Å². The molecule has 24 heavy (non-hydrogen) atoms.